The first kappa shape index (κ1) is 23.1. The molecule has 3 atom stereocenters. The molecule has 2 heterocycles. The molecule has 1 aromatic carbocycles. The molecule has 174 valence electrons. The van der Waals surface area contributed by atoms with Gasteiger partial charge in [0, 0.05) is 29.3 Å². The van der Waals surface area contributed by atoms with Crippen LogP contribution in [0.5, 0.6) is 11.5 Å². The van der Waals surface area contributed by atoms with Gasteiger partial charge in [0.2, 0.25) is 0 Å². The van der Waals surface area contributed by atoms with Crippen molar-refractivity contribution in [2.45, 2.75) is 109 Å². The summed E-state index contributed by atoms with van der Waals surface area (Å²) >= 11 is 0. The third kappa shape index (κ3) is 4.54. The number of fused-ring (bicyclic) bond motifs is 3. The maximum atomic E-state index is 11.3. The largest absolute Gasteiger partial charge is 0.508 e. The number of pyridine rings is 1. The molecule has 3 heteroatoms. The summed E-state index contributed by atoms with van der Waals surface area (Å²) in [6, 6.07) is 10.5. The van der Waals surface area contributed by atoms with Gasteiger partial charge in [0.05, 0.1) is 0 Å². The number of unbranched alkanes of at least 4 members (excludes halogenated alkanes) is 3. The van der Waals surface area contributed by atoms with Crippen molar-refractivity contribution in [2.24, 2.45) is 5.92 Å². The molecule has 0 unspecified atom stereocenters. The van der Waals surface area contributed by atoms with Crippen molar-refractivity contribution in [2.75, 3.05) is 0 Å². The molecule has 32 heavy (non-hydrogen) atoms. The molecule has 1 fully saturated rings. The second-order valence-electron chi connectivity index (χ2n) is 11.3. The van der Waals surface area contributed by atoms with Crippen LogP contribution in [0.1, 0.15) is 115 Å². The Morgan fingerprint density at radius 1 is 1.12 bits per heavy atom. The van der Waals surface area contributed by atoms with Crippen LogP contribution in [0.15, 0.2) is 36.5 Å². The smallest absolute Gasteiger partial charge is 0.127 e. The van der Waals surface area contributed by atoms with Gasteiger partial charge >= 0.3 is 0 Å². The summed E-state index contributed by atoms with van der Waals surface area (Å²) in [6.07, 6.45) is 11.3. The number of aromatic hydroxyl groups is 1. The molecule has 0 spiro atoms. The molecule has 2 aromatic rings. The van der Waals surface area contributed by atoms with Gasteiger partial charge < -0.3 is 9.84 Å². The Bertz CT molecular complexity index is 918. The van der Waals surface area contributed by atoms with E-state index in [4.69, 9.17) is 4.74 Å². The van der Waals surface area contributed by atoms with Crippen LogP contribution in [-0.4, -0.2) is 15.7 Å². The fraction of sp³-hybridized carbons (Fsp3) is 0.621. The van der Waals surface area contributed by atoms with E-state index in [9.17, 15) is 5.11 Å². The lowest BCUT2D eigenvalue weighted by Gasteiger charge is -2.49. The van der Waals surface area contributed by atoms with E-state index in [0.29, 0.717) is 23.5 Å². The second-order valence-corrected chi connectivity index (χ2v) is 11.3. The van der Waals surface area contributed by atoms with Gasteiger partial charge in [0.25, 0.3) is 0 Å². The number of phenolic OH excluding ortho intramolecular Hbond substituents is 1. The maximum Gasteiger partial charge on any atom is 0.127 e. The summed E-state index contributed by atoms with van der Waals surface area (Å²) in [7, 11) is 0. The van der Waals surface area contributed by atoms with Crippen molar-refractivity contribution in [3.05, 3.63) is 53.3 Å². The molecule has 1 aromatic heterocycles. The minimum atomic E-state index is -0.233. The summed E-state index contributed by atoms with van der Waals surface area (Å²) in [5.74, 6) is 2.47. The number of hydrogen-bond acceptors (Lipinski definition) is 3. The van der Waals surface area contributed by atoms with Gasteiger partial charge in [-0.15, -0.1) is 0 Å². The number of benzene rings is 1. The zero-order valence-electron chi connectivity index (χ0n) is 20.7. The molecule has 0 radical (unpaired) electrons. The summed E-state index contributed by atoms with van der Waals surface area (Å²) < 4.78 is 6.61. The Labute approximate surface area is 194 Å². The number of aromatic nitrogens is 1. The Kier molecular flexibility index (Phi) is 6.56. The van der Waals surface area contributed by atoms with Crippen LogP contribution < -0.4 is 4.74 Å². The second kappa shape index (κ2) is 9.08. The Morgan fingerprint density at radius 3 is 2.66 bits per heavy atom. The minimum Gasteiger partial charge on any atom is -0.508 e. The molecule has 1 aliphatic carbocycles. The van der Waals surface area contributed by atoms with Crippen LogP contribution in [0, 0.1) is 5.92 Å². The number of phenols is 1. The van der Waals surface area contributed by atoms with Gasteiger partial charge in [0.15, 0.2) is 0 Å². The van der Waals surface area contributed by atoms with Crippen LogP contribution in [0.4, 0.5) is 0 Å². The average Bonchev–Trinajstić information content (AvgIpc) is 2.76. The third-order valence-corrected chi connectivity index (χ3v) is 8.15. The molecule has 1 aliphatic heterocycles. The van der Waals surface area contributed by atoms with E-state index in [1.807, 2.05) is 18.3 Å². The Balaban J connectivity index is 1.64. The SMILES string of the molecule is CCCCCCC(C)(C)c1cc(O)c2c(c1)OC(C)(C)[C@@H]1CC[C@H](c3ccccn3)C[C@@H]21. The van der Waals surface area contributed by atoms with E-state index in [1.54, 1.807) is 0 Å². The lowest BCUT2D eigenvalue weighted by molar-refractivity contribution is -0.0107. The summed E-state index contributed by atoms with van der Waals surface area (Å²) in [5.41, 5.74) is 3.19. The topological polar surface area (TPSA) is 42.4 Å². The average molecular weight is 436 g/mol. The van der Waals surface area contributed by atoms with Crippen molar-refractivity contribution < 1.29 is 9.84 Å². The van der Waals surface area contributed by atoms with Crippen molar-refractivity contribution in [3.8, 4) is 11.5 Å². The van der Waals surface area contributed by atoms with Crippen LogP contribution >= 0.6 is 0 Å². The number of ether oxygens (including phenoxy) is 1. The molecule has 2 aliphatic rings. The van der Waals surface area contributed by atoms with Crippen molar-refractivity contribution in [3.63, 3.8) is 0 Å². The first-order valence-corrected chi connectivity index (χ1v) is 12.7. The van der Waals surface area contributed by atoms with E-state index < -0.39 is 0 Å². The van der Waals surface area contributed by atoms with E-state index in [1.165, 1.54) is 36.9 Å². The van der Waals surface area contributed by atoms with Crippen LogP contribution in [0.2, 0.25) is 0 Å². The normalized spacial score (nSPS) is 24.3. The third-order valence-electron chi connectivity index (χ3n) is 8.15. The van der Waals surface area contributed by atoms with Gasteiger partial charge in [-0.05, 0) is 80.7 Å². The first-order valence-electron chi connectivity index (χ1n) is 12.7. The van der Waals surface area contributed by atoms with Gasteiger partial charge in [-0.25, -0.2) is 0 Å². The molecule has 4 rings (SSSR count). The standard InChI is InChI=1S/C29H41NO2/c1-6-7-8-10-15-28(2,3)21-18-25(31)27-22-17-20(24-12-9-11-16-30-24)13-14-23(22)29(4,5)32-26(27)19-21/h9,11-12,16,18-20,22-23,31H,6-8,10,13-15,17H2,1-5H3/t20-,22+,23+/m0/s1. The fourth-order valence-electron chi connectivity index (χ4n) is 6.16. The highest BCUT2D eigenvalue weighted by Crippen LogP contribution is 2.57. The van der Waals surface area contributed by atoms with Gasteiger partial charge in [-0.1, -0.05) is 52.5 Å². The summed E-state index contributed by atoms with van der Waals surface area (Å²) in [6.45, 7) is 11.3. The first-order chi connectivity index (χ1) is 15.2. The van der Waals surface area contributed by atoms with Crippen molar-refractivity contribution >= 4 is 0 Å². The van der Waals surface area contributed by atoms with E-state index >= 15 is 0 Å². The lowest BCUT2D eigenvalue weighted by Crippen LogP contribution is -2.46. The van der Waals surface area contributed by atoms with Gasteiger partial charge in [0.1, 0.15) is 17.1 Å². The summed E-state index contributed by atoms with van der Waals surface area (Å²) in [5, 5.41) is 11.3. The van der Waals surface area contributed by atoms with E-state index in [0.717, 1.165) is 37.0 Å². The van der Waals surface area contributed by atoms with Gasteiger partial charge in [-0.2, -0.15) is 0 Å². The predicted molar refractivity (Wildman–Crippen MR) is 132 cm³/mol. The van der Waals surface area contributed by atoms with Crippen LogP contribution in [0.3, 0.4) is 0 Å². The zero-order valence-corrected chi connectivity index (χ0v) is 20.7. The maximum absolute atomic E-state index is 11.3. The predicted octanol–water partition coefficient (Wildman–Crippen LogP) is 7.87. The van der Waals surface area contributed by atoms with E-state index in [-0.39, 0.29) is 11.0 Å². The number of nitrogens with zero attached hydrogens (tertiary/aromatic N) is 1. The number of hydrogen-bond donors (Lipinski definition) is 1. The molecular weight excluding hydrogens is 394 g/mol. The molecule has 0 amide bonds. The lowest BCUT2D eigenvalue weighted by atomic mass is 9.63. The highest BCUT2D eigenvalue weighted by atomic mass is 16.5. The molecule has 0 bridgehead atoms. The highest BCUT2D eigenvalue weighted by molar-refractivity contribution is 5.53. The molecule has 3 nitrogen and oxygen atoms in total. The molecule has 1 N–H and O–H groups in total. The minimum absolute atomic E-state index is 0.0215. The van der Waals surface area contributed by atoms with Crippen molar-refractivity contribution in [1.82, 2.24) is 4.98 Å². The Hall–Kier alpha value is -2.03. The van der Waals surface area contributed by atoms with Gasteiger partial charge in [-0.3, -0.25) is 4.98 Å². The Morgan fingerprint density at radius 2 is 1.94 bits per heavy atom. The molecule has 1 saturated carbocycles. The van der Waals surface area contributed by atoms with Crippen LogP contribution in [0.25, 0.3) is 0 Å². The fourth-order valence-corrected chi connectivity index (χ4v) is 6.16. The zero-order chi connectivity index (χ0) is 22.9. The summed E-state index contributed by atoms with van der Waals surface area (Å²) in [4.78, 5) is 4.65. The molecular formula is C29H41NO2. The van der Waals surface area contributed by atoms with E-state index in [2.05, 4.69) is 57.8 Å². The number of rotatable bonds is 7. The van der Waals surface area contributed by atoms with Crippen molar-refractivity contribution in [1.29, 1.82) is 0 Å². The monoisotopic (exact) mass is 435 g/mol. The molecule has 0 saturated heterocycles. The highest BCUT2D eigenvalue weighted by Gasteiger charge is 2.48. The quantitative estimate of drug-likeness (QED) is 0.450. The van der Waals surface area contributed by atoms with Crippen LogP contribution in [-0.2, 0) is 5.41 Å².